The molecule has 0 bridgehead atoms. The van der Waals surface area contributed by atoms with Crippen LogP contribution in [0.25, 0.3) is 0 Å². The number of rotatable bonds is 4. The molecule has 2 N–H and O–H groups in total. The van der Waals surface area contributed by atoms with Crippen LogP contribution in [-0.4, -0.2) is 47.3 Å². The van der Waals surface area contributed by atoms with Crippen molar-refractivity contribution in [3.63, 3.8) is 0 Å². The van der Waals surface area contributed by atoms with Crippen LogP contribution in [0.2, 0.25) is 0 Å². The Hall–Kier alpha value is -0.120. The fourth-order valence-corrected chi connectivity index (χ4v) is 2.35. The van der Waals surface area contributed by atoms with Gasteiger partial charge in [-0.2, -0.15) is 0 Å². The average Bonchev–Trinajstić information content (AvgIpc) is 2.25. The zero-order chi connectivity index (χ0) is 12.2. The van der Waals surface area contributed by atoms with Gasteiger partial charge in [0.05, 0.1) is 6.61 Å². The predicted molar refractivity (Wildman–Crippen MR) is 68.6 cm³/mol. The molecule has 3 heteroatoms. The maximum absolute atomic E-state index is 9.17. The van der Waals surface area contributed by atoms with Crippen LogP contribution in [0, 0.1) is 0 Å². The molecule has 16 heavy (non-hydrogen) atoms. The molecule has 0 unspecified atom stereocenters. The normalized spacial score (nSPS) is 22.3. The summed E-state index contributed by atoms with van der Waals surface area (Å²) in [5.41, 5.74) is 0.298. The number of likely N-dealkylation sites (tertiary alicyclic amines) is 1. The molecule has 0 spiro atoms. The van der Waals surface area contributed by atoms with Crippen molar-refractivity contribution >= 4 is 0 Å². The Kier molecular flexibility index (Phi) is 5.22. The van der Waals surface area contributed by atoms with Gasteiger partial charge in [-0.3, -0.25) is 4.90 Å². The van der Waals surface area contributed by atoms with Gasteiger partial charge in [-0.25, -0.2) is 0 Å². The molecule has 0 saturated carbocycles. The van der Waals surface area contributed by atoms with E-state index in [1.54, 1.807) is 0 Å². The molecule has 1 atom stereocenters. The van der Waals surface area contributed by atoms with E-state index in [4.69, 9.17) is 5.11 Å². The highest BCUT2D eigenvalue weighted by atomic mass is 16.3. The predicted octanol–water partition coefficient (Wildman–Crippen LogP) is 1.61. The summed E-state index contributed by atoms with van der Waals surface area (Å²) in [6.07, 6.45) is 3.41. The van der Waals surface area contributed by atoms with Crippen LogP contribution in [0.15, 0.2) is 0 Å². The Morgan fingerprint density at radius 2 is 1.88 bits per heavy atom. The van der Waals surface area contributed by atoms with Gasteiger partial charge in [-0.05, 0) is 40.0 Å². The van der Waals surface area contributed by atoms with Gasteiger partial charge in [0.1, 0.15) is 0 Å². The molecular formula is C13H28N2O. The summed E-state index contributed by atoms with van der Waals surface area (Å²) in [5, 5.41) is 12.7. The van der Waals surface area contributed by atoms with Crippen molar-refractivity contribution in [2.45, 2.75) is 64.6 Å². The Balaban J connectivity index is 2.32. The van der Waals surface area contributed by atoms with Crippen molar-refractivity contribution < 1.29 is 5.11 Å². The third-order valence-electron chi connectivity index (χ3n) is 3.63. The summed E-state index contributed by atoms with van der Waals surface area (Å²) in [6, 6.07) is 0.877. The molecule has 1 aliphatic rings. The number of nitrogens with one attached hydrogen (secondary N) is 1. The van der Waals surface area contributed by atoms with E-state index in [1.165, 1.54) is 25.9 Å². The second kappa shape index (κ2) is 5.99. The maximum Gasteiger partial charge on any atom is 0.0584 e. The van der Waals surface area contributed by atoms with Crippen molar-refractivity contribution in [2.24, 2.45) is 0 Å². The highest BCUT2D eigenvalue weighted by molar-refractivity contribution is 4.85. The second-order valence-electron chi connectivity index (χ2n) is 5.89. The number of aliphatic hydroxyl groups is 1. The number of nitrogens with zero attached hydrogens (tertiary/aromatic N) is 1. The van der Waals surface area contributed by atoms with Crippen LogP contribution in [0.3, 0.4) is 0 Å². The van der Waals surface area contributed by atoms with Crippen LogP contribution in [0.5, 0.6) is 0 Å². The second-order valence-corrected chi connectivity index (χ2v) is 5.89. The van der Waals surface area contributed by atoms with Gasteiger partial charge in [0, 0.05) is 30.7 Å². The van der Waals surface area contributed by atoms with Gasteiger partial charge >= 0.3 is 0 Å². The van der Waals surface area contributed by atoms with Gasteiger partial charge in [-0.15, -0.1) is 0 Å². The van der Waals surface area contributed by atoms with Crippen LogP contribution >= 0.6 is 0 Å². The molecule has 1 fully saturated rings. The minimum Gasteiger partial charge on any atom is -0.395 e. The Morgan fingerprint density at radius 1 is 1.31 bits per heavy atom. The smallest absolute Gasteiger partial charge is 0.0584 e. The lowest BCUT2D eigenvalue weighted by Gasteiger charge is -2.41. The molecule has 96 valence electrons. The van der Waals surface area contributed by atoms with Crippen molar-refractivity contribution in [3.05, 3.63) is 0 Å². The SMILES string of the molecule is CC[C@H](CO)NC1CCN(C(C)(C)C)CC1. The minimum atomic E-state index is 0.260. The molecule has 0 aromatic carbocycles. The van der Waals surface area contributed by atoms with Crippen LogP contribution < -0.4 is 5.32 Å². The Bertz CT molecular complexity index is 189. The van der Waals surface area contributed by atoms with Gasteiger partial charge < -0.3 is 10.4 Å². The fourth-order valence-electron chi connectivity index (χ4n) is 2.35. The summed E-state index contributed by atoms with van der Waals surface area (Å²) >= 11 is 0. The first-order chi connectivity index (χ1) is 7.47. The van der Waals surface area contributed by atoms with Gasteiger partial charge in [0.25, 0.3) is 0 Å². The highest BCUT2D eigenvalue weighted by Crippen LogP contribution is 2.20. The van der Waals surface area contributed by atoms with Crippen LogP contribution in [0.1, 0.15) is 47.0 Å². The Labute approximate surface area is 100 Å². The largest absolute Gasteiger partial charge is 0.395 e. The summed E-state index contributed by atoms with van der Waals surface area (Å²) in [6.45, 7) is 11.6. The molecule has 0 aromatic rings. The average molecular weight is 228 g/mol. The zero-order valence-corrected chi connectivity index (χ0v) is 11.3. The summed E-state index contributed by atoms with van der Waals surface area (Å²) in [7, 11) is 0. The third-order valence-corrected chi connectivity index (χ3v) is 3.63. The number of aliphatic hydroxyl groups excluding tert-OH is 1. The molecule has 1 saturated heterocycles. The monoisotopic (exact) mass is 228 g/mol. The first kappa shape index (κ1) is 13.9. The zero-order valence-electron chi connectivity index (χ0n) is 11.3. The highest BCUT2D eigenvalue weighted by Gasteiger charge is 2.27. The number of hydrogen-bond donors (Lipinski definition) is 2. The van der Waals surface area contributed by atoms with E-state index in [9.17, 15) is 0 Å². The van der Waals surface area contributed by atoms with E-state index in [1.807, 2.05) is 0 Å². The number of piperidine rings is 1. The minimum absolute atomic E-state index is 0.260. The fraction of sp³-hybridized carbons (Fsp3) is 1.00. The van der Waals surface area contributed by atoms with Crippen molar-refractivity contribution in [1.29, 1.82) is 0 Å². The molecule has 3 nitrogen and oxygen atoms in total. The lowest BCUT2D eigenvalue weighted by atomic mass is 9.97. The topological polar surface area (TPSA) is 35.5 Å². The molecule has 1 rings (SSSR count). The quantitative estimate of drug-likeness (QED) is 0.767. The third kappa shape index (κ3) is 4.04. The van der Waals surface area contributed by atoms with Crippen molar-refractivity contribution in [3.8, 4) is 0 Å². The molecule has 0 aliphatic carbocycles. The van der Waals surface area contributed by atoms with Gasteiger partial charge in [-0.1, -0.05) is 6.92 Å². The molecule has 0 radical (unpaired) electrons. The molecule has 1 aliphatic heterocycles. The summed E-state index contributed by atoms with van der Waals surface area (Å²) in [5.74, 6) is 0. The lowest BCUT2D eigenvalue weighted by molar-refractivity contribution is 0.0902. The first-order valence-corrected chi connectivity index (χ1v) is 6.59. The molecule has 1 heterocycles. The van der Waals surface area contributed by atoms with E-state index >= 15 is 0 Å². The van der Waals surface area contributed by atoms with Gasteiger partial charge in [0.2, 0.25) is 0 Å². The van der Waals surface area contributed by atoms with E-state index in [-0.39, 0.29) is 12.6 Å². The van der Waals surface area contributed by atoms with Gasteiger partial charge in [0.15, 0.2) is 0 Å². The van der Waals surface area contributed by atoms with Crippen LogP contribution in [-0.2, 0) is 0 Å². The lowest BCUT2D eigenvalue weighted by Crippen LogP contribution is -2.52. The standard InChI is InChI=1S/C13H28N2O/c1-5-11(10-16)14-12-6-8-15(9-7-12)13(2,3)4/h11-12,14,16H,5-10H2,1-4H3/t11-/m1/s1. The van der Waals surface area contributed by atoms with E-state index in [0.29, 0.717) is 11.6 Å². The van der Waals surface area contributed by atoms with Crippen molar-refractivity contribution in [1.82, 2.24) is 10.2 Å². The van der Waals surface area contributed by atoms with Crippen LogP contribution in [0.4, 0.5) is 0 Å². The number of hydrogen-bond acceptors (Lipinski definition) is 3. The van der Waals surface area contributed by atoms with E-state index < -0.39 is 0 Å². The molecule has 0 amide bonds. The first-order valence-electron chi connectivity index (χ1n) is 6.59. The van der Waals surface area contributed by atoms with Crippen molar-refractivity contribution in [2.75, 3.05) is 19.7 Å². The summed E-state index contributed by atoms with van der Waals surface area (Å²) in [4.78, 5) is 2.55. The molecular weight excluding hydrogens is 200 g/mol. The summed E-state index contributed by atoms with van der Waals surface area (Å²) < 4.78 is 0. The van der Waals surface area contributed by atoms with E-state index in [2.05, 4.69) is 37.9 Å². The Morgan fingerprint density at radius 3 is 2.25 bits per heavy atom. The maximum atomic E-state index is 9.17. The van der Waals surface area contributed by atoms with E-state index in [0.717, 1.165) is 6.42 Å². The molecule has 0 aromatic heterocycles.